The Morgan fingerprint density at radius 1 is 0.962 bits per heavy atom. The number of rotatable bonds is 6. The van der Waals surface area contributed by atoms with Crippen molar-refractivity contribution in [1.82, 2.24) is 0 Å². The summed E-state index contributed by atoms with van der Waals surface area (Å²) in [5.41, 5.74) is 3.97. The molecule has 0 unspecified atom stereocenters. The van der Waals surface area contributed by atoms with Crippen molar-refractivity contribution >= 4 is 23.4 Å². The van der Waals surface area contributed by atoms with Crippen LogP contribution in [0.5, 0.6) is 0 Å². The van der Waals surface area contributed by atoms with Crippen molar-refractivity contribution < 1.29 is 9.18 Å². The SMILES string of the molecule is Cc1ccccc1CS[C@H](C(=O)Nc1ccc(F)cc1)c1ccccc1. The van der Waals surface area contributed by atoms with Crippen molar-refractivity contribution in [3.63, 3.8) is 0 Å². The molecule has 132 valence electrons. The van der Waals surface area contributed by atoms with Crippen LogP contribution in [0.1, 0.15) is 21.9 Å². The molecule has 0 saturated heterocycles. The van der Waals surface area contributed by atoms with Crippen LogP contribution in [-0.2, 0) is 10.5 Å². The van der Waals surface area contributed by atoms with Crippen molar-refractivity contribution in [2.75, 3.05) is 5.32 Å². The minimum atomic E-state index is -0.346. The summed E-state index contributed by atoms with van der Waals surface area (Å²) in [5.74, 6) is 0.307. The molecule has 0 heterocycles. The molecule has 0 saturated carbocycles. The van der Waals surface area contributed by atoms with Gasteiger partial charge in [0.2, 0.25) is 5.91 Å². The number of aryl methyl sites for hydroxylation is 1. The number of carbonyl (C=O) groups is 1. The molecule has 1 amide bonds. The zero-order valence-corrected chi connectivity index (χ0v) is 15.3. The lowest BCUT2D eigenvalue weighted by Crippen LogP contribution is -2.19. The molecule has 0 aliphatic carbocycles. The molecular weight excluding hydrogens is 345 g/mol. The second-order valence-electron chi connectivity index (χ2n) is 6.02. The molecule has 0 aliphatic heterocycles. The zero-order chi connectivity index (χ0) is 18.4. The molecule has 0 bridgehead atoms. The number of thioether (sulfide) groups is 1. The van der Waals surface area contributed by atoms with Crippen LogP contribution in [0.4, 0.5) is 10.1 Å². The van der Waals surface area contributed by atoms with Gasteiger partial charge < -0.3 is 5.32 Å². The first-order chi connectivity index (χ1) is 12.6. The molecule has 0 radical (unpaired) electrons. The van der Waals surface area contributed by atoms with E-state index in [1.807, 2.05) is 42.5 Å². The molecule has 0 aliphatic rings. The van der Waals surface area contributed by atoms with Gasteiger partial charge in [-0.15, -0.1) is 11.8 Å². The Labute approximate surface area is 157 Å². The average molecular weight is 365 g/mol. The van der Waals surface area contributed by atoms with Gasteiger partial charge in [0.05, 0.1) is 0 Å². The smallest absolute Gasteiger partial charge is 0.242 e. The van der Waals surface area contributed by atoms with Gasteiger partial charge in [0, 0.05) is 11.4 Å². The Morgan fingerprint density at radius 2 is 1.62 bits per heavy atom. The van der Waals surface area contributed by atoms with Crippen LogP contribution >= 0.6 is 11.8 Å². The van der Waals surface area contributed by atoms with E-state index in [0.717, 1.165) is 11.3 Å². The van der Waals surface area contributed by atoms with Gasteiger partial charge in [-0.05, 0) is 47.9 Å². The van der Waals surface area contributed by atoms with Gasteiger partial charge in [-0.3, -0.25) is 4.79 Å². The second-order valence-corrected chi connectivity index (χ2v) is 7.12. The van der Waals surface area contributed by atoms with Gasteiger partial charge in [0.1, 0.15) is 11.1 Å². The Hall–Kier alpha value is -2.59. The molecule has 26 heavy (non-hydrogen) atoms. The topological polar surface area (TPSA) is 29.1 Å². The van der Waals surface area contributed by atoms with Crippen molar-refractivity contribution in [2.45, 2.75) is 17.9 Å². The molecule has 0 fully saturated rings. The van der Waals surface area contributed by atoms with E-state index in [1.165, 1.54) is 23.3 Å². The summed E-state index contributed by atoms with van der Waals surface area (Å²) in [6.45, 7) is 2.08. The lowest BCUT2D eigenvalue weighted by Gasteiger charge is -2.18. The quantitative estimate of drug-likeness (QED) is 0.603. The third kappa shape index (κ3) is 4.73. The number of halogens is 1. The van der Waals surface area contributed by atoms with Gasteiger partial charge in [-0.25, -0.2) is 4.39 Å². The van der Waals surface area contributed by atoms with Crippen LogP contribution in [0.15, 0.2) is 78.9 Å². The predicted molar refractivity (Wildman–Crippen MR) is 107 cm³/mol. The first-order valence-corrected chi connectivity index (χ1v) is 9.46. The number of carbonyl (C=O) groups excluding carboxylic acids is 1. The number of benzene rings is 3. The molecule has 2 nitrogen and oxygen atoms in total. The van der Waals surface area contributed by atoms with Crippen molar-refractivity contribution in [3.8, 4) is 0 Å². The predicted octanol–water partition coefficient (Wildman–Crippen LogP) is 5.75. The number of amides is 1. The maximum atomic E-state index is 13.1. The zero-order valence-electron chi connectivity index (χ0n) is 14.5. The highest BCUT2D eigenvalue weighted by atomic mass is 32.2. The van der Waals surface area contributed by atoms with Crippen LogP contribution in [0, 0.1) is 12.7 Å². The fourth-order valence-electron chi connectivity index (χ4n) is 2.64. The third-order valence-corrected chi connectivity index (χ3v) is 5.42. The van der Waals surface area contributed by atoms with Crippen LogP contribution < -0.4 is 5.32 Å². The number of nitrogens with one attached hydrogen (secondary N) is 1. The van der Waals surface area contributed by atoms with E-state index >= 15 is 0 Å². The molecule has 0 spiro atoms. The van der Waals surface area contributed by atoms with Gasteiger partial charge >= 0.3 is 0 Å². The summed E-state index contributed by atoms with van der Waals surface area (Å²) < 4.78 is 13.1. The van der Waals surface area contributed by atoms with E-state index in [-0.39, 0.29) is 17.0 Å². The fourth-order valence-corrected chi connectivity index (χ4v) is 3.87. The van der Waals surface area contributed by atoms with E-state index in [2.05, 4.69) is 24.4 Å². The van der Waals surface area contributed by atoms with Crippen molar-refractivity contribution in [1.29, 1.82) is 0 Å². The lowest BCUT2D eigenvalue weighted by molar-refractivity contribution is -0.115. The van der Waals surface area contributed by atoms with E-state index in [9.17, 15) is 9.18 Å². The Kier molecular flexibility index (Phi) is 6.08. The van der Waals surface area contributed by atoms with Gasteiger partial charge in [-0.2, -0.15) is 0 Å². The number of hydrogen-bond donors (Lipinski definition) is 1. The highest BCUT2D eigenvalue weighted by Crippen LogP contribution is 2.33. The summed E-state index contributed by atoms with van der Waals surface area (Å²) in [6.07, 6.45) is 0. The van der Waals surface area contributed by atoms with E-state index in [0.29, 0.717) is 5.69 Å². The summed E-state index contributed by atoms with van der Waals surface area (Å²) in [4.78, 5) is 12.9. The van der Waals surface area contributed by atoms with Crippen molar-refractivity contribution in [3.05, 3.63) is 101 Å². The minimum absolute atomic E-state index is 0.110. The highest BCUT2D eigenvalue weighted by Gasteiger charge is 2.21. The average Bonchev–Trinajstić information content (AvgIpc) is 2.66. The fraction of sp³-hybridized carbons (Fsp3) is 0.136. The summed E-state index contributed by atoms with van der Waals surface area (Å²) in [7, 11) is 0. The summed E-state index contributed by atoms with van der Waals surface area (Å²) >= 11 is 1.59. The van der Waals surface area contributed by atoms with Gasteiger partial charge in [-0.1, -0.05) is 54.6 Å². The summed E-state index contributed by atoms with van der Waals surface area (Å²) in [5, 5.41) is 2.55. The number of anilines is 1. The standard InChI is InChI=1S/C22H20FNOS/c1-16-7-5-6-10-18(16)15-26-21(17-8-3-2-4-9-17)22(25)24-20-13-11-19(23)12-14-20/h2-14,21H,15H2,1H3,(H,24,25)/t21-/m0/s1. The Morgan fingerprint density at radius 3 is 2.31 bits per heavy atom. The van der Waals surface area contributed by atoms with Crippen LogP contribution in [0.25, 0.3) is 0 Å². The molecule has 4 heteroatoms. The Bertz CT molecular complexity index is 865. The highest BCUT2D eigenvalue weighted by molar-refractivity contribution is 7.99. The monoisotopic (exact) mass is 365 g/mol. The molecule has 3 rings (SSSR count). The van der Waals surface area contributed by atoms with Crippen LogP contribution in [-0.4, -0.2) is 5.91 Å². The van der Waals surface area contributed by atoms with E-state index < -0.39 is 0 Å². The Balaban J connectivity index is 1.78. The maximum absolute atomic E-state index is 13.1. The number of hydrogen-bond acceptors (Lipinski definition) is 2. The van der Waals surface area contributed by atoms with Gasteiger partial charge in [0.15, 0.2) is 0 Å². The van der Waals surface area contributed by atoms with Crippen molar-refractivity contribution in [2.24, 2.45) is 0 Å². The lowest BCUT2D eigenvalue weighted by atomic mass is 10.1. The normalized spacial score (nSPS) is 11.8. The molecule has 3 aromatic carbocycles. The maximum Gasteiger partial charge on any atom is 0.242 e. The first-order valence-electron chi connectivity index (χ1n) is 8.41. The molecule has 3 aromatic rings. The minimum Gasteiger partial charge on any atom is -0.325 e. The molecule has 0 aromatic heterocycles. The third-order valence-electron chi connectivity index (χ3n) is 4.12. The largest absolute Gasteiger partial charge is 0.325 e. The van der Waals surface area contributed by atoms with E-state index in [4.69, 9.17) is 0 Å². The molecule has 1 N–H and O–H groups in total. The van der Waals surface area contributed by atoms with Crippen LogP contribution in [0.3, 0.4) is 0 Å². The first kappa shape index (κ1) is 18.2. The molecule has 1 atom stereocenters. The van der Waals surface area contributed by atoms with E-state index in [1.54, 1.807) is 23.9 Å². The summed E-state index contributed by atoms with van der Waals surface area (Å²) in [6, 6.07) is 23.7. The molecular formula is C22H20FNOS. The van der Waals surface area contributed by atoms with Gasteiger partial charge in [0.25, 0.3) is 0 Å². The second kappa shape index (κ2) is 8.68. The van der Waals surface area contributed by atoms with Crippen LogP contribution in [0.2, 0.25) is 0 Å².